The number of nitroso groups, excluding NO2 is 1. The Morgan fingerprint density at radius 2 is 1.81 bits per heavy atom. The number of benzene rings is 1. The Kier molecular flexibility index (Phi) is 7.15. The maximum absolute atomic E-state index is 11.9. The van der Waals surface area contributed by atoms with Crippen molar-refractivity contribution in [3.63, 3.8) is 0 Å². The summed E-state index contributed by atoms with van der Waals surface area (Å²) in [5.41, 5.74) is 1.44. The predicted octanol–water partition coefficient (Wildman–Crippen LogP) is 2.29. The zero-order valence-electron chi connectivity index (χ0n) is 19.5. The lowest BCUT2D eigenvalue weighted by molar-refractivity contribution is -0.166. The van der Waals surface area contributed by atoms with Crippen molar-refractivity contribution in [3.8, 4) is 0 Å². The summed E-state index contributed by atoms with van der Waals surface area (Å²) in [7, 11) is 0. The van der Waals surface area contributed by atoms with Crippen molar-refractivity contribution in [2.45, 2.75) is 45.3 Å². The van der Waals surface area contributed by atoms with Crippen molar-refractivity contribution < 1.29 is 33.3 Å². The highest BCUT2D eigenvalue weighted by atomic mass is 16.7. The van der Waals surface area contributed by atoms with Crippen LogP contribution in [0.3, 0.4) is 0 Å². The van der Waals surface area contributed by atoms with Crippen LogP contribution in [0.1, 0.15) is 27.0 Å². The highest BCUT2D eigenvalue weighted by Crippen LogP contribution is 2.36. The quantitative estimate of drug-likeness (QED) is 0.273. The lowest BCUT2D eigenvalue weighted by Gasteiger charge is -2.23. The Labute approximate surface area is 203 Å². The van der Waals surface area contributed by atoms with Crippen LogP contribution in [0.5, 0.6) is 0 Å². The van der Waals surface area contributed by atoms with Gasteiger partial charge >= 0.3 is 17.9 Å². The molecule has 14 nitrogen and oxygen atoms in total. The third kappa shape index (κ3) is 5.27. The number of hydrogen-bond acceptors (Lipinski definition) is 13. The molecule has 3 aromatic rings. The number of anilines is 2. The molecule has 2 aromatic heterocycles. The molecule has 0 bridgehead atoms. The molecule has 1 aliphatic heterocycles. The molecule has 14 heteroatoms. The molecule has 1 fully saturated rings. The molecule has 1 N–H and O–H groups in total. The second-order valence-electron chi connectivity index (χ2n) is 7.83. The predicted molar refractivity (Wildman–Crippen MR) is 122 cm³/mol. The maximum atomic E-state index is 11.9. The van der Waals surface area contributed by atoms with Crippen LogP contribution in [-0.4, -0.2) is 62.3 Å². The SMILES string of the molecule is CC(=O)OCC1OC(n2cnc3c(Nc4cccc(N=O)c4)ncnc32)C(OC(C)=O)C1OC(C)=O. The molecule has 188 valence electrons. The number of esters is 3. The van der Waals surface area contributed by atoms with E-state index in [4.69, 9.17) is 18.9 Å². The Hall–Kier alpha value is -4.46. The molecule has 1 aromatic carbocycles. The van der Waals surface area contributed by atoms with Crippen LogP contribution in [0.25, 0.3) is 11.2 Å². The Morgan fingerprint density at radius 1 is 1.06 bits per heavy atom. The van der Waals surface area contributed by atoms with Gasteiger partial charge in [0, 0.05) is 26.5 Å². The summed E-state index contributed by atoms with van der Waals surface area (Å²) in [5, 5.41) is 5.98. The number of carbonyl (C=O) groups is 3. The van der Waals surface area contributed by atoms with Gasteiger partial charge in [0.2, 0.25) is 0 Å². The standard InChI is InChI=1S/C22H22N6O8/c1-11(29)33-8-16-18(34-12(2)30)19(35-13(3)31)22(36-16)28-10-25-17-20(23-9-24-21(17)28)26-14-5-4-6-15(7-14)27-32/h4-7,9-10,16,18-19,22H,8H2,1-3H3,(H,23,24,26). The molecule has 0 amide bonds. The number of hydrogen-bond donors (Lipinski definition) is 1. The normalized spacial score (nSPS) is 21.1. The van der Waals surface area contributed by atoms with E-state index in [1.165, 1.54) is 44.1 Å². The van der Waals surface area contributed by atoms with E-state index in [0.717, 1.165) is 0 Å². The van der Waals surface area contributed by atoms with Crippen LogP contribution >= 0.6 is 0 Å². The van der Waals surface area contributed by atoms with Gasteiger partial charge in [-0.25, -0.2) is 15.0 Å². The van der Waals surface area contributed by atoms with Gasteiger partial charge < -0.3 is 24.3 Å². The summed E-state index contributed by atoms with van der Waals surface area (Å²) in [4.78, 5) is 58.8. The van der Waals surface area contributed by atoms with Crippen molar-refractivity contribution in [3.05, 3.63) is 41.8 Å². The van der Waals surface area contributed by atoms with E-state index in [0.29, 0.717) is 22.7 Å². The molecule has 0 aliphatic carbocycles. The van der Waals surface area contributed by atoms with Crippen LogP contribution in [0.15, 0.2) is 42.1 Å². The average Bonchev–Trinajstić information content (AvgIpc) is 3.39. The fourth-order valence-corrected chi connectivity index (χ4v) is 3.82. The van der Waals surface area contributed by atoms with E-state index in [2.05, 4.69) is 25.4 Å². The molecule has 0 saturated carbocycles. The molecule has 1 saturated heterocycles. The third-order valence-corrected chi connectivity index (χ3v) is 5.19. The number of ether oxygens (including phenoxy) is 4. The monoisotopic (exact) mass is 498 g/mol. The van der Waals surface area contributed by atoms with Gasteiger partial charge in [-0.05, 0) is 23.4 Å². The van der Waals surface area contributed by atoms with Crippen molar-refractivity contribution in [1.82, 2.24) is 19.5 Å². The van der Waals surface area contributed by atoms with Crippen LogP contribution in [0.2, 0.25) is 0 Å². The largest absolute Gasteiger partial charge is 0.463 e. The van der Waals surface area contributed by atoms with E-state index >= 15 is 0 Å². The molecule has 0 spiro atoms. The summed E-state index contributed by atoms with van der Waals surface area (Å²) >= 11 is 0. The first-order valence-electron chi connectivity index (χ1n) is 10.8. The number of rotatable bonds is 8. The topological polar surface area (TPSA) is 173 Å². The second kappa shape index (κ2) is 10.4. The lowest BCUT2D eigenvalue weighted by atomic mass is 10.1. The minimum Gasteiger partial charge on any atom is -0.463 e. The molecule has 3 heterocycles. The minimum absolute atomic E-state index is 0.231. The summed E-state index contributed by atoms with van der Waals surface area (Å²) in [6.45, 7) is 3.40. The van der Waals surface area contributed by atoms with Gasteiger partial charge in [-0.2, -0.15) is 0 Å². The van der Waals surface area contributed by atoms with E-state index in [1.807, 2.05) is 0 Å². The van der Waals surface area contributed by atoms with E-state index in [1.54, 1.807) is 18.2 Å². The summed E-state index contributed by atoms with van der Waals surface area (Å²) in [6.07, 6.45) is -1.40. The number of imidazole rings is 1. The Morgan fingerprint density at radius 3 is 2.50 bits per heavy atom. The van der Waals surface area contributed by atoms with E-state index < -0.39 is 42.4 Å². The second-order valence-corrected chi connectivity index (χ2v) is 7.83. The summed E-state index contributed by atoms with van der Waals surface area (Å²) < 4.78 is 23.5. The van der Waals surface area contributed by atoms with Crippen LogP contribution in [0.4, 0.5) is 17.2 Å². The van der Waals surface area contributed by atoms with Crippen LogP contribution < -0.4 is 5.32 Å². The smallest absolute Gasteiger partial charge is 0.303 e. The highest BCUT2D eigenvalue weighted by Gasteiger charge is 2.51. The van der Waals surface area contributed by atoms with Crippen molar-refractivity contribution in [2.75, 3.05) is 11.9 Å². The van der Waals surface area contributed by atoms with Gasteiger partial charge in [-0.15, -0.1) is 4.91 Å². The molecule has 4 unspecified atom stereocenters. The number of nitrogens with zero attached hydrogens (tertiary/aromatic N) is 5. The van der Waals surface area contributed by atoms with Crippen LogP contribution in [-0.2, 0) is 33.3 Å². The molecule has 1 aliphatic rings. The third-order valence-electron chi connectivity index (χ3n) is 5.19. The molecular formula is C22H22N6O8. The fourth-order valence-electron chi connectivity index (χ4n) is 3.82. The van der Waals surface area contributed by atoms with Gasteiger partial charge in [0.15, 0.2) is 35.4 Å². The van der Waals surface area contributed by atoms with Gasteiger partial charge in [-0.1, -0.05) is 6.07 Å². The first kappa shape index (κ1) is 24.7. The maximum Gasteiger partial charge on any atom is 0.303 e. The number of nitrogens with one attached hydrogen (secondary N) is 1. The van der Waals surface area contributed by atoms with Gasteiger partial charge in [0.1, 0.15) is 24.7 Å². The molecule has 36 heavy (non-hydrogen) atoms. The van der Waals surface area contributed by atoms with Gasteiger partial charge in [0.05, 0.1) is 6.33 Å². The molecule has 0 radical (unpaired) electrons. The Balaban J connectivity index is 1.71. The number of fused-ring (bicyclic) bond motifs is 1. The van der Waals surface area contributed by atoms with Gasteiger partial charge in [-0.3, -0.25) is 19.0 Å². The Bertz CT molecular complexity index is 1310. The van der Waals surface area contributed by atoms with Crippen molar-refractivity contribution in [2.24, 2.45) is 5.18 Å². The van der Waals surface area contributed by atoms with Crippen molar-refractivity contribution >= 4 is 46.3 Å². The van der Waals surface area contributed by atoms with E-state index in [9.17, 15) is 19.3 Å². The molecule has 4 rings (SSSR count). The molecular weight excluding hydrogens is 476 g/mol. The van der Waals surface area contributed by atoms with Gasteiger partial charge in [0.25, 0.3) is 0 Å². The first-order chi connectivity index (χ1) is 17.3. The minimum atomic E-state index is -1.09. The number of aromatic nitrogens is 4. The zero-order valence-corrected chi connectivity index (χ0v) is 19.5. The summed E-state index contributed by atoms with van der Waals surface area (Å²) in [5.74, 6) is -1.50. The van der Waals surface area contributed by atoms with Crippen molar-refractivity contribution in [1.29, 1.82) is 0 Å². The zero-order chi connectivity index (χ0) is 25.8. The van der Waals surface area contributed by atoms with E-state index in [-0.39, 0.29) is 12.3 Å². The number of carbonyl (C=O) groups excluding carboxylic acids is 3. The molecule has 4 atom stereocenters. The lowest BCUT2D eigenvalue weighted by Crippen LogP contribution is -2.40. The average molecular weight is 498 g/mol. The highest BCUT2D eigenvalue weighted by molar-refractivity contribution is 5.85. The first-order valence-corrected chi connectivity index (χ1v) is 10.8. The van der Waals surface area contributed by atoms with Crippen LogP contribution in [0, 0.1) is 4.91 Å². The summed E-state index contributed by atoms with van der Waals surface area (Å²) in [6, 6.07) is 6.48. The fraction of sp³-hybridized carbons (Fsp3) is 0.364.